The number of H-pyrrole nitrogens is 1. The van der Waals surface area contributed by atoms with Crippen LogP contribution in [0.1, 0.15) is 19.4 Å². The summed E-state index contributed by atoms with van der Waals surface area (Å²) in [5.74, 6) is 1.86. The van der Waals surface area contributed by atoms with Crippen molar-refractivity contribution in [1.29, 1.82) is 0 Å². The van der Waals surface area contributed by atoms with Gasteiger partial charge < -0.3 is 18.8 Å². The summed E-state index contributed by atoms with van der Waals surface area (Å²) in [4.78, 5) is 32.6. The Labute approximate surface area is 202 Å². The van der Waals surface area contributed by atoms with Crippen molar-refractivity contribution in [3.05, 3.63) is 74.9 Å². The third-order valence-corrected chi connectivity index (χ3v) is 5.61. The van der Waals surface area contributed by atoms with E-state index in [1.54, 1.807) is 18.8 Å². The summed E-state index contributed by atoms with van der Waals surface area (Å²) in [6.07, 6.45) is 0. The van der Waals surface area contributed by atoms with E-state index in [2.05, 4.69) is 4.98 Å². The molecule has 0 radical (unpaired) electrons. The molecule has 0 aliphatic carbocycles. The van der Waals surface area contributed by atoms with Crippen LogP contribution in [0.15, 0.2) is 58.1 Å². The average Bonchev–Trinajstić information content (AvgIpc) is 3.24. The van der Waals surface area contributed by atoms with Crippen LogP contribution in [0.2, 0.25) is 0 Å². The minimum atomic E-state index is -0.477. The van der Waals surface area contributed by atoms with Gasteiger partial charge in [0.05, 0.1) is 13.7 Å². The first kappa shape index (κ1) is 24.3. The van der Waals surface area contributed by atoms with E-state index in [-0.39, 0.29) is 5.92 Å². The van der Waals surface area contributed by atoms with Crippen molar-refractivity contribution in [3.8, 4) is 22.9 Å². The topological polar surface area (TPSA) is 100 Å². The van der Waals surface area contributed by atoms with Crippen molar-refractivity contribution in [2.24, 2.45) is 5.92 Å². The molecule has 0 aliphatic heterocycles. The fourth-order valence-corrected chi connectivity index (χ4v) is 3.99. The SMILES string of the molecule is COCCn1c(-c2ccc(OCc3ccccc3)c(OC)c2)nc2c1c(=O)[nH]c(=O)n2CC(C)C. The third kappa shape index (κ3) is 5.14. The Morgan fingerprint density at radius 1 is 1.00 bits per heavy atom. The molecule has 0 saturated carbocycles. The summed E-state index contributed by atoms with van der Waals surface area (Å²) in [6.45, 7) is 5.61. The van der Waals surface area contributed by atoms with Crippen molar-refractivity contribution < 1.29 is 14.2 Å². The number of rotatable bonds is 10. The molecule has 0 unspecified atom stereocenters. The molecular weight excluding hydrogens is 448 g/mol. The molecule has 35 heavy (non-hydrogen) atoms. The second kappa shape index (κ2) is 10.6. The zero-order valence-corrected chi connectivity index (χ0v) is 20.4. The quantitative estimate of drug-likeness (QED) is 0.375. The number of hydrogen-bond donors (Lipinski definition) is 1. The minimum Gasteiger partial charge on any atom is -0.493 e. The van der Waals surface area contributed by atoms with Crippen molar-refractivity contribution in [2.45, 2.75) is 33.5 Å². The highest BCUT2D eigenvalue weighted by Crippen LogP contribution is 2.33. The van der Waals surface area contributed by atoms with Crippen LogP contribution in [0, 0.1) is 5.92 Å². The first-order chi connectivity index (χ1) is 16.9. The molecule has 0 aliphatic rings. The van der Waals surface area contributed by atoms with Gasteiger partial charge in [0.1, 0.15) is 12.4 Å². The molecule has 0 fully saturated rings. The standard InChI is InChI=1S/C26H30N4O5/c1-17(2)15-30-24-22(25(31)28-26(30)32)29(12-13-33-3)23(27-24)19-10-11-20(21(14-19)34-4)35-16-18-8-6-5-7-9-18/h5-11,14,17H,12-13,15-16H2,1-4H3,(H,28,31,32). The number of fused-ring (bicyclic) bond motifs is 1. The van der Waals surface area contributed by atoms with Crippen molar-refractivity contribution in [2.75, 3.05) is 20.8 Å². The number of nitrogens with zero attached hydrogens (tertiary/aromatic N) is 3. The Morgan fingerprint density at radius 3 is 2.46 bits per heavy atom. The van der Waals surface area contributed by atoms with Crippen LogP contribution in [0.4, 0.5) is 0 Å². The second-order valence-electron chi connectivity index (χ2n) is 8.66. The molecule has 0 amide bonds. The monoisotopic (exact) mass is 478 g/mol. The van der Waals surface area contributed by atoms with Gasteiger partial charge in [-0.25, -0.2) is 9.78 Å². The number of benzene rings is 2. The van der Waals surface area contributed by atoms with Gasteiger partial charge in [0.15, 0.2) is 22.7 Å². The number of aromatic nitrogens is 4. The molecule has 4 aromatic rings. The highest BCUT2D eigenvalue weighted by Gasteiger charge is 2.21. The normalized spacial score (nSPS) is 11.3. The zero-order chi connectivity index (χ0) is 24.9. The Bertz CT molecular complexity index is 1420. The first-order valence-electron chi connectivity index (χ1n) is 11.5. The van der Waals surface area contributed by atoms with Gasteiger partial charge in [0.25, 0.3) is 5.56 Å². The largest absolute Gasteiger partial charge is 0.493 e. The van der Waals surface area contributed by atoms with Gasteiger partial charge >= 0.3 is 5.69 Å². The van der Waals surface area contributed by atoms with E-state index < -0.39 is 11.2 Å². The maximum atomic E-state index is 12.8. The van der Waals surface area contributed by atoms with Crippen LogP contribution in [0.3, 0.4) is 0 Å². The van der Waals surface area contributed by atoms with Gasteiger partial charge in [-0.15, -0.1) is 0 Å². The van der Waals surface area contributed by atoms with E-state index in [9.17, 15) is 9.59 Å². The Kier molecular flexibility index (Phi) is 7.36. The molecule has 0 bridgehead atoms. The maximum Gasteiger partial charge on any atom is 0.330 e. The number of imidazole rings is 1. The minimum absolute atomic E-state index is 0.190. The lowest BCUT2D eigenvalue weighted by Crippen LogP contribution is -2.32. The Hall–Kier alpha value is -3.85. The number of methoxy groups -OCH3 is 2. The van der Waals surface area contributed by atoms with Gasteiger partial charge in [-0.1, -0.05) is 44.2 Å². The predicted molar refractivity (Wildman–Crippen MR) is 134 cm³/mol. The van der Waals surface area contributed by atoms with E-state index in [1.165, 1.54) is 4.57 Å². The fraction of sp³-hybridized carbons (Fsp3) is 0.346. The van der Waals surface area contributed by atoms with Crippen LogP contribution in [0.5, 0.6) is 11.5 Å². The molecule has 2 aromatic carbocycles. The molecule has 0 saturated heterocycles. The molecule has 1 N–H and O–H groups in total. The van der Waals surface area contributed by atoms with Gasteiger partial charge in [-0.2, -0.15) is 0 Å². The summed E-state index contributed by atoms with van der Waals surface area (Å²) in [5, 5.41) is 0. The van der Waals surface area contributed by atoms with Crippen LogP contribution in [-0.4, -0.2) is 39.9 Å². The van der Waals surface area contributed by atoms with Gasteiger partial charge in [-0.3, -0.25) is 14.3 Å². The number of nitrogens with one attached hydrogen (secondary N) is 1. The smallest absolute Gasteiger partial charge is 0.330 e. The van der Waals surface area contributed by atoms with E-state index in [0.717, 1.165) is 11.1 Å². The van der Waals surface area contributed by atoms with Gasteiger partial charge in [0, 0.05) is 25.8 Å². The lowest BCUT2D eigenvalue weighted by Gasteiger charge is -2.13. The summed E-state index contributed by atoms with van der Waals surface area (Å²) in [7, 11) is 3.17. The molecule has 2 heterocycles. The van der Waals surface area contributed by atoms with Crippen LogP contribution >= 0.6 is 0 Å². The Morgan fingerprint density at radius 2 is 1.77 bits per heavy atom. The van der Waals surface area contributed by atoms with E-state index >= 15 is 0 Å². The molecule has 4 rings (SSSR count). The molecule has 2 aromatic heterocycles. The maximum absolute atomic E-state index is 12.8. The summed E-state index contributed by atoms with van der Waals surface area (Å²) < 4.78 is 20.2. The molecule has 9 heteroatoms. The van der Waals surface area contributed by atoms with Crippen molar-refractivity contribution in [3.63, 3.8) is 0 Å². The molecule has 0 atom stereocenters. The Balaban J connectivity index is 1.81. The predicted octanol–water partition coefficient (Wildman–Crippen LogP) is 3.44. The summed E-state index contributed by atoms with van der Waals surface area (Å²) in [5.41, 5.74) is 1.50. The number of hydrogen-bond acceptors (Lipinski definition) is 6. The summed E-state index contributed by atoms with van der Waals surface area (Å²) in [6, 6.07) is 15.4. The van der Waals surface area contributed by atoms with Crippen LogP contribution < -0.4 is 20.7 Å². The van der Waals surface area contributed by atoms with Crippen LogP contribution in [-0.2, 0) is 24.4 Å². The fourth-order valence-electron chi connectivity index (χ4n) is 3.99. The van der Waals surface area contributed by atoms with Crippen LogP contribution in [0.25, 0.3) is 22.6 Å². The molecule has 0 spiro atoms. The van der Waals surface area contributed by atoms with Crippen molar-refractivity contribution >= 4 is 11.2 Å². The van der Waals surface area contributed by atoms with E-state index in [0.29, 0.717) is 54.8 Å². The summed E-state index contributed by atoms with van der Waals surface area (Å²) >= 11 is 0. The molecular formula is C26H30N4O5. The van der Waals surface area contributed by atoms with E-state index in [1.807, 2.05) is 62.4 Å². The first-order valence-corrected chi connectivity index (χ1v) is 11.5. The van der Waals surface area contributed by atoms with E-state index in [4.69, 9.17) is 19.2 Å². The average molecular weight is 479 g/mol. The lowest BCUT2D eigenvalue weighted by molar-refractivity contribution is 0.188. The zero-order valence-electron chi connectivity index (χ0n) is 20.4. The highest BCUT2D eigenvalue weighted by atomic mass is 16.5. The second-order valence-corrected chi connectivity index (χ2v) is 8.66. The lowest BCUT2D eigenvalue weighted by atomic mass is 10.2. The van der Waals surface area contributed by atoms with Gasteiger partial charge in [0.2, 0.25) is 0 Å². The molecule has 184 valence electrons. The highest BCUT2D eigenvalue weighted by molar-refractivity contribution is 5.77. The molecule has 9 nitrogen and oxygen atoms in total. The number of aromatic amines is 1. The third-order valence-electron chi connectivity index (χ3n) is 5.61. The van der Waals surface area contributed by atoms with Crippen molar-refractivity contribution in [1.82, 2.24) is 19.1 Å². The van der Waals surface area contributed by atoms with Gasteiger partial charge in [-0.05, 0) is 29.7 Å². The number of ether oxygens (including phenoxy) is 3.